The highest BCUT2D eigenvalue weighted by atomic mass is 79.9. The van der Waals surface area contributed by atoms with Gasteiger partial charge in [-0.05, 0) is 42.5 Å². The van der Waals surface area contributed by atoms with Crippen molar-refractivity contribution in [2.75, 3.05) is 19.7 Å². The number of thiocarbonyl (C=S) groups is 1. The zero-order valence-electron chi connectivity index (χ0n) is 19.6. The third kappa shape index (κ3) is 5.88. The lowest BCUT2D eigenvalue weighted by molar-refractivity contribution is -0.143. The van der Waals surface area contributed by atoms with E-state index in [1.807, 2.05) is 35.2 Å². The van der Waals surface area contributed by atoms with Crippen LogP contribution in [0.25, 0.3) is 0 Å². The number of hydrogen-bond acceptors (Lipinski definition) is 6. The Labute approximate surface area is 227 Å². The van der Waals surface area contributed by atoms with Gasteiger partial charge in [-0.25, -0.2) is 4.39 Å². The molecular weight excluding hydrogens is 561 g/mol. The van der Waals surface area contributed by atoms with E-state index in [9.17, 15) is 14.7 Å². The largest absolute Gasteiger partial charge is 0.444 e. The number of halogens is 2. The molecule has 1 aliphatic rings. The number of carbonyl (C=O) groups excluding carboxylic acids is 2. The van der Waals surface area contributed by atoms with Gasteiger partial charge in [-0.2, -0.15) is 0 Å². The molecule has 7 nitrogen and oxygen atoms in total. The number of rotatable bonds is 8. The predicted octanol–water partition coefficient (Wildman–Crippen LogP) is 3.88. The lowest BCUT2D eigenvalue weighted by Gasteiger charge is -2.37. The van der Waals surface area contributed by atoms with Crippen molar-refractivity contribution >= 4 is 45.6 Å². The number of aliphatic hydroxyl groups excluding tert-OH is 1. The summed E-state index contributed by atoms with van der Waals surface area (Å²) in [5, 5.41) is 16.2. The number of carbonyl (C=O) groups is 2. The minimum atomic E-state index is -1.26. The molecule has 1 saturated heterocycles. The van der Waals surface area contributed by atoms with Crippen molar-refractivity contribution in [2.45, 2.75) is 11.8 Å². The number of likely N-dealkylation sites (tertiary alicyclic amines) is 1. The molecule has 3 aromatic carbocycles. The minimum Gasteiger partial charge on any atom is -0.444 e. The zero-order valence-corrected chi connectivity index (χ0v) is 22.0. The van der Waals surface area contributed by atoms with Crippen LogP contribution in [0.4, 0.5) is 4.39 Å². The molecule has 10 heteroatoms. The maximum absolute atomic E-state index is 15.4. The summed E-state index contributed by atoms with van der Waals surface area (Å²) < 4.78 is 21.4. The van der Waals surface area contributed by atoms with Crippen LogP contribution in [0.1, 0.15) is 27.7 Å². The lowest BCUT2D eigenvalue weighted by atomic mass is 9.80. The molecule has 192 valence electrons. The summed E-state index contributed by atoms with van der Waals surface area (Å²) in [4.78, 5) is 26.0. The van der Waals surface area contributed by atoms with Crippen molar-refractivity contribution in [3.63, 3.8) is 0 Å². The number of ether oxygens (including phenoxy) is 1. The first kappa shape index (κ1) is 26.9. The number of benzene rings is 3. The van der Waals surface area contributed by atoms with Crippen LogP contribution in [0, 0.1) is 11.7 Å². The maximum Gasteiger partial charge on any atom is 0.294 e. The molecule has 1 aliphatic heterocycles. The lowest BCUT2D eigenvalue weighted by Crippen LogP contribution is -2.56. The number of aliphatic hydroxyl groups is 1. The van der Waals surface area contributed by atoms with E-state index < -0.39 is 29.4 Å². The number of hydrogen-bond donors (Lipinski definition) is 3. The summed E-state index contributed by atoms with van der Waals surface area (Å²) in [6.07, 6.45) is -0.779. The van der Waals surface area contributed by atoms with Crippen molar-refractivity contribution in [2.24, 2.45) is 5.92 Å². The molecule has 37 heavy (non-hydrogen) atoms. The fourth-order valence-corrected chi connectivity index (χ4v) is 5.38. The Morgan fingerprint density at radius 2 is 1.86 bits per heavy atom. The van der Waals surface area contributed by atoms with Crippen LogP contribution >= 0.6 is 28.1 Å². The molecule has 3 aromatic rings. The predicted molar refractivity (Wildman–Crippen MR) is 144 cm³/mol. The zero-order chi connectivity index (χ0) is 26.4. The topological polar surface area (TPSA) is 90.9 Å². The minimum absolute atomic E-state index is 0.0268. The Morgan fingerprint density at radius 3 is 2.51 bits per heavy atom. The molecule has 0 spiro atoms. The number of nitrogens with one attached hydrogen (secondary N) is 2. The van der Waals surface area contributed by atoms with Crippen molar-refractivity contribution in [1.82, 2.24) is 15.5 Å². The van der Waals surface area contributed by atoms with Gasteiger partial charge in [0, 0.05) is 46.8 Å². The molecule has 0 aromatic heterocycles. The summed E-state index contributed by atoms with van der Waals surface area (Å²) in [6.45, 7) is 0.398. The average molecular weight is 586 g/mol. The van der Waals surface area contributed by atoms with Crippen LogP contribution in [0.3, 0.4) is 0 Å². The first-order valence-corrected chi connectivity index (χ1v) is 12.7. The van der Waals surface area contributed by atoms with Gasteiger partial charge in [-0.15, -0.1) is 0 Å². The van der Waals surface area contributed by atoms with E-state index in [4.69, 9.17) is 17.0 Å². The molecule has 4 rings (SSSR count). The van der Waals surface area contributed by atoms with Crippen LogP contribution in [0.2, 0.25) is 0 Å². The Kier molecular flexibility index (Phi) is 8.65. The standard InChI is InChI=1S/C27H25BrFN3O4S/c28-21-11-12-23(29)22(13-21)27(31-26(37)30-24(35)18-7-3-1-4-8-18)16-32(14-20(27)15-33)25(36-17-34)19-9-5-2-6-10-19/h1-13,17,20,25,33H,14-16H2,(H2,30,31,35,37). The van der Waals surface area contributed by atoms with Gasteiger partial charge in [0.25, 0.3) is 12.4 Å². The third-order valence-electron chi connectivity index (χ3n) is 6.43. The molecule has 3 N–H and O–H groups in total. The second-order valence-corrected chi connectivity index (χ2v) is 10.00. The number of nitrogens with zero attached hydrogens (tertiary/aromatic N) is 1. The van der Waals surface area contributed by atoms with E-state index in [-0.39, 0.29) is 30.4 Å². The summed E-state index contributed by atoms with van der Waals surface area (Å²) in [6, 6.07) is 22.2. The second kappa shape index (κ2) is 11.9. The molecule has 1 amide bonds. The van der Waals surface area contributed by atoms with Crippen LogP contribution in [-0.2, 0) is 15.1 Å². The second-order valence-electron chi connectivity index (χ2n) is 8.67. The Hall–Kier alpha value is -3.18. The number of amides is 1. The van der Waals surface area contributed by atoms with Crippen molar-refractivity contribution < 1.29 is 23.8 Å². The van der Waals surface area contributed by atoms with E-state index in [0.717, 1.165) is 5.56 Å². The monoisotopic (exact) mass is 585 g/mol. The van der Waals surface area contributed by atoms with E-state index >= 15 is 4.39 Å². The molecule has 0 bridgehead atoms. The molecular formula is C27H25BrFN3O4S. The van der Waals surface area contributed by atoms with Crippen LogP contribution in [-0.4, -0.2) is 47.2 Å². The maximum atomic E-state index is 15.4. The molecule has 0 radical (unpaired) electrons. The van der Waals surface area contributed by atoms with E-state index in [1.165, 1.54) is 6.07 Å². The molecule has 3 atom stereocenters. The SMILES string of the molecule is O=COC(c1ccccc1)N1CC(CO)C(NC(=S)NC(=O)c2ccccc2)(c2cc(Br)ccc2F)C1. The first-order chi connectivity index (χ1) is 17.9. The summed E-state index contributed by atoms with van der Waals surface area (Å²) in [7, 11) is 0. The van der Waals surface area contributed by atoms with Crippen molar-refractivity contribution in [1.29, 1.82) is 0 Å². The van der Waals surface area contributed by atoms with E-state index in [2.05, 4.69) is 26.6 Å². The van der Waals surface area contributed by atoms with Gasteiger partial charge in [-0.3, -0.25) is 19.8 Å². The van der Waals surface area contributed by atoms with E-state index in [1.54, 1.807) is 42.5 Å². The fourth-order valence-electron chi connectivity index (χ4n) is 4.74. The Balaban J connectivity index is 1.72. The van der Waals surface area contributed by atoms with Crippen molar-refractivity contribution in [3.05, 3.63) is 106 Å². The molecule has 1 heterocycles. The highest BCUT2D eigenvalue weighted by Gasteiger charge is 2.51. The van der Waals surface area contributed by atoms with E-state index in [0.29, 0.717) is 16.5 Å². The van der Waals surface area contributed by atoms with Gasteiger partial charge in [0.15, 0.2) is 11.3 Å². The first-order valence-electron chi connectivity index (χ1n) is 11.5. The molecule has 0 aliphatic carbocycles. The van der Waals surface area contributed by atoms with Crippen LogP contribution in [0.15, 0.2) is 83.3 Å². The van der Waals surface area contributed by atoms with Gasteiger partial charge in [0.2, 0.25) is 0 Å². The smallest absolute Gasteiger partial charge is 0.294 e. The van der Waals surface area contributed by atoms with Crippen LogP contribution in [0.5, 0.6) is 0 Å². The normalized spacial score (nSPS) is 20.1. The highest BCUT2D eigenvalue weighted by Crippen LogP contribution is 2.42. The molecule has 3 unspecified atom stereocenters. The van der Waals surface area contributed by atoms with Gasteiger partial charge in [0.1, 0.15) is 5.82 Å². The van der Waals surface area contributed by atoms with Crippen LogP contribution < -0.4 is 10.6 Å². The average Bonchev–Trinajstić information content (AvgIpc) is 3.28. The van der Waals surface area contributed by atoms with Gasteiger partial charge >= 0.3 is 0 Å². The van der Waals surface area contributed by atoms with Crippen molar-refractivity contribution in [3.8, 4) is 0 Å². The Bertz CT molecular complexity index is 1270. The Morgan fingerprint density at radius 1 is 1.19 bits per heavy atom. The van der Waals surface area contributed by atoms with Gasteiger partial charge in [-0.1, -0.05) is 64.5 Å². The molecule has 1 fully saturated rings. The quantitative estimate of drug-likeness (QED) is 0.273. The summed E-state index contributed by atoms with van der Waals surface area (Å²) in [5.41, 5.74) is 0.113. The fraction of sp³-hybridized carbons (Fsp3) is 0.222. The highest BCUT2D eigenvalue weighted by molar-refractivity contribution is 9.10. The third-order valence-corrected chi connectivity index (χ3v) is 7.13. The summed E-state index contributed by atoms with van der Waals surface area (Å²) in [5.74, 6) is -1.52. The molecule has 0 saturated carbocycles. The van der Waals surface area contributed by atoms with Gasteiger partial charge < -0.3 is 15.2 Å². The van der Waals surface area contributed by atoms with Gasteiger partial charge in [0.05, 0.1) is 5.54 Å². The summed E-state index contributed by atoms with van der Waals surface area (Å²) >= 11 is 8.91.